The lowest BCUT2D eigenvalue weighted by Crippen LogP contribution is -2.51. The molecule has 3 fully saturated rings. The van der Waals surface area contributed by atoms with Crippen molar-refractivity contribution in [3.63, 3.8) is 0 Å². The van der Waals surface area contributed by atoms with Crippen LogP contribution in [0.1, 0.15) is 6.42 Å². The van der Waals surface area contributed by atoms with E-state index in [9.17, 15) is 18.0 Å². The summed E-state index contributed by atoms with van der Waals surface area (Å²) in [5, 5.41) is 0.633. The van der Waals surface area contributed by atoms with E-state index in [4.69, 9.17) is 15.1 Å². The number of hydroxylamine groups is 3. The Morgan fingerprint density at radius 2 is 2.18 bits per heavy atom. The van der Waals surface area contributed by atoms with Gasteiger partial charge < -0.3 is 10.6 Å². The van der Waals surface area contributed by atoms with Crippen molar-refractivity contribution in [1.29, 1.82) is 0 Å². The van der Waals surface area contributed by atoms with Crippen molar-refractivity contribution in [2.75, 3.05) is 19.7 Å². The first-order valence-electron chi connectivity index (χ1n) is 6.72. The molecule has 2 saturated heterocycles. The summed E-state index contributed by atoms with van der Waals surface area (Å²) in [5.41, 5.74) is 7.48. The molecule has 3 rings (SSSR count). The number of urea groups is 1. The molecule has 1 saturated carbocycles. The van der Waals surface area contributed by atoms with Crippen molar-refractivity contribution in [2.45, 2.75) is 18.5 Å². The van der Waals surface area contributed by atoms with Crippen molar-refractivity contribution in [1.82, 2.24) is 15.4 Å². The summed E-state index contributed by atoms with van der Waals surface area (Å²) < 4.78 is 34.8. The molecule has 0 aromatic rings. The van der Waals surface area contributed by atoms with E-state index in [1.165, 1.54) is 4.90 Å². The molecule has 4 atom stereocenters. The van der Waals surface area contributed by atoms with Crippen LogP contribution in [0.3, 0.4) is 0 Å². The van der Waals surface area contributed by atoms with Gasteiger partial charge in [0, 0.05) is 13.1 Å². The lowest BCUT2D eigenvalue weighted by molar-refractivity contribution is -0.139. The van der Waals surface area contributed by atoms with Crippen LogP contribution in [0.4, 0.5) is 4.79 Å². The number of nitrogens with one attached hydrogen (secondary N) is 1. The topological polar surface area (TPSA) is 151 Å². The Hall–Kier alpha value is -1.47. The van der Waals surface area contributed by atoms with Gasteiger partial charge in [0.1, 0.15) is 6.04 Å². The van der Waals surface area contributed by atoms with Crippen LogP contribution in [0, 0.1) is 11.8 Å². The molecule has 2 heterocycles. The second-order valence-electron chi connectivity index (χ2n) is 5.44. The third-order valence-corrected chi connectivity index (χ3v) is 4.43. The van der Waals surface area contributed by atoms with Crippen LogP contribution in [0.2, 0.25) is 0 Å². The number of hydrogen-bond acceptors (Lipinski definition) is 7. The van der Waals surface area contributed by atoms with Gasteiger partial charge in [-0.15, -0.1) is 4.28 Å². The molecule has 2 aliphatic heterocycles. The number of hydrogen-bond donors (Lipinski definition) is 3. The molecule has 3 aliphatic rings. The molecule has 0 aromatic heterocycles. The minimum absolute atomic E-state index is 0.0466. The summed E-state index contributed by atoms with van der Waals surface area (Å²) in [6, 6.07) is -2.01. The van der Waals surface area contributed by atoms with Crippen LogP contribution in [-0.4, -0.2) is 66.7 Å². The van der Waals surface area contributed by atoms with E-state index in [2.05, 4.69) is 9.76 Å². The van der Waals surface area contributed by atoms with Gasteiger partial charge in [0.2, 0.25) is 0 Å². The number of piperidine rings is 1. The second kappa shape index (κ2) is 5.31. The first-order chi connectivity index (χ1) is 10.3. The Kier molecular flexibility index (Phi) is 3.72. The van der Waals surface area contributed by atoms with Crippen LogP contribution < -0.4 is 11.2 Å². The molecule has 3 amide bonds. The molecule has 11 nitrogen and oxygen atoms in total. The standard InChI is InChI=1S/C10H16N4O7S/c11-1-2-20-12-9(15)8-6-3-5(6)7-4-13(8)10(16)14(7)21-22(17,18)19/h5-8H,1-4,11H2,(H,12,15)(H,17,18,19)/t5-,6+,7?,8-/m0/s1. The van der Waals surface area contributed by atoms with Crippen LogP contribution in [0.15, 0.2) is 0 Å². The summed E-state index contributed by atoms with van der Waals surface area (Å²) >= 11 is 0. The summed E-state index contributed by atoms with van der Waals surface area (Å²) in [4.78, 5) is 30.4. The van der Waals surface area contributed by atoms with Crippen molar-refractivity contribution in [3.05, 3.63) is 0 Å². The highest BCUT2D eigenvalue weighted by molar-refractivity contribution is 7.80. The number of amides is 3. The molecule has 4 N–H and O–H groups in total. The Balaban J connectivity index is 1.73. The number of nitrogens with zero attached hydrogens (tertiary/aromatic N) is 2. The van der Waals surface area contributed by atoms with Gasteiger partial charge in [-0.2, -0.15) is 13.5 Å². The summed E-state index contributed by atoms with van der Waals surface area (Å²) in [6.45, 7) is 0.531. The molecular formula is C10H16N4O7S. The predicted molar refractivity (Wildman–Crippen MR) is 68.9 cm³/mol. The van der Waals surface area contributed by atoms with E-state index >= 15 is 0 Å². The van der Waals surface area contributed by atoms with Crippen LogP contribution in [-0.2, 0) is 24.3 Å². The largest absolute Gasteiger partial charge is 0.418 e. The quantitative estimate of drug-likeness (QED) is 0.282. The molecule has 124 valence electrons. The van der Waals surface area contributed by atoms with Crippen LogP contribution in [0.25, 0.3) is 0 Å². The zero-order chi connectivity index (χ0) is 16.1. The molecule has 22 heavy (non-hydrogen) atoms. The maximum atomic E-state index is 12.2. The Morgan fingerprint density at radius 1 is 1.45 bits per heavy atom. The third-order valence-electron chi connectivity index (χ3n) is 4.08. The molecule has 1 unspecified atom stereocenters. The third kappa shape index (κ3) is 2.63. The highest BCUT2D eigenvalue weighted by atomic mass is 32.3. The maximum absolute atomic E-state index is 12.2. The normalized spacial score (nSPS) is 32.9. The Bertz CT molecular complexity index is 596. The number of carbonyl (C=O) groups is 2. The van der Waals surface area contributed by atoms with Gasteiger partial charge in [0.15, 0.2) is 0 Å². The zero-order valence-corrected chi connectivity index (χ0v) is 12.2. The fraction of sp³-hybridized carbons (Fsp3) is 0.800. The van der Waals surface area contributed by atoms with Crippen LogP contribution >= 0.6 is 0 Å². The number of rotatable bonds is 6. The van der Waals surface area contributed by atoms with Gasteiger partial charge in [0.05, 0.1) is 12.6 Å². The highest BCUT2D eigenvalue weighted by Gasteiger charge is 2.65. The Labute approximate surface area is 126 Å². The summed E-state index contributed by atoms with van der Waals surface area (Å²) in [5.74, 6) is -0.615. The lowest BCUT2D eigenvalue weighted by Gasteiger charge is -2.28. The predicted octanol–water partition coefficient (Wildman–Crippen LogP) is -2.15. The SMILES string of the molecule is NCCONC(=O)[C@@H]1[C@@H]2C[C@@H]2C2CN1C(=O)N2OS(=O)(=O)O. The fourth-order valence-electron chi connectivity index (χ4n) is 3.20. The van der Waals surface area contributed by atoms with Gasteiger partial charge in [-0.05, 0) is 18.3 Å². The van der Waals surface area contributed by atoms with Gasteiger partial charge >= 0.3 is 16.4 Å². The lowest BCUT2D eigenvalue weighted by atomic mass is 10.0. The second-order valence-corrected chi connectivity index (χ2v) is 6.45. The maximum Gasteiger partial charge on any atom is 0.418 e. The molecule has 1 aliphatic carbocycles. The van der Waals surface area contributed by atoms with Gasteiger partial charge in [-0.1, -0.05) is 0 Å². The molecule has 0 radical (unpaired) electrons. The smallest absolute Gasteiger partial charge is 0.328 e. The number of carbonyl (C=O) groups excluding carboxylic acids is 2. The van der Waals surface area contributed by atoms with Gasteiger partial charge in [-0.25, -0.2) is 10.3 Å². The first-order valence-corrected chi connectivity index (χ1v) is 8.08. The van der Waals surface area contributed by atoms with Gasteiger partial charge in [-0.3, -0.25) is 14.2 Å². The molecule has 12 heteroatoms. The molecule has 2 bridgehead atoms. The number of nitrogens with two attached hydrogens (primary N) is 1. The van der Waals surface area contributed by atoms with E-state index in [0.29, 0.717) is 11.5 Å². The monoisotopic (exact) mass is 336 g/mol. The minimum Gasteiger partial charge on any atom is -0.328 e. The fourth-order valence-corrected chi connectivity index (χ4v) is 3.58. The summed E-state index contributed by atoms with van der Waals surface area (Å²) in [6.07, 6.45) is 0.661. The Morgan fingerprint density at radius 3 is 2.82 bits per heavy atom. The van der Waals surface area contributed by atoms with Crippen molar-refractivity contribution < 1.29 is 31.7 Å². The van der Waals surface area contributed by atoms with E-state index in [0.717, 1.165) is 0 Å². The molecule has 0 spiro atoms. The molecule has 0 aromatic carbocycles. The minimum atomic E-state index is -4.80. The number of fused-ring (bicyclic) bond motifs is 4. The van der Waals surface area contributed by atoms with E-state index in [-0.39, 0.29) is 31.5 Å². The highest BCUT2D eigenvalue weighted by Crippen LogP contribution is 2.53. The molecular weight excluding hydrogens is 320 g/mol. The van der Waals surface area contributed by atoms with E-state index in [1.54, 1.807) is 0 Å². The van der Waals surface area contributed by atoms with Gasteiger partial charge in [0.25, 0.3) is 5.91 Å². The van der Waals surface area contributed by atoms with Crippen molar-refractivity contribution in [2.24, 2.45) is 17.6 Å². The van der Waals surface area contributed by atoms with E-state index in [1.807, 2.05) is 0 Å². The van der Waals surface area contributed by atoms with Crippen molar-refractivity contribution >= 4 is 22.3 Å². The van der Waals surface area contributed by atoms with Crippen molar-refractivity contribution in [3.8, 4) is 0 Å². The van der Waals surface area contributed by atoms with E-state index < -0.39 is 34.4 Å². The first kappa shape index (κ1) is 15.4. The average molecular weight is 336 g/mol. The summed E-state index contributed by atoms with van der Waals surface area (Å²) in [7, 11) is -4.80. The van der Waals surface area contributed by atoms with Crippen LogP contribution in [0.5, 0.6) is 0 Å². The zero-order valence-electron chi connectivity index (χ0n) is 11.4. The average Bonchev–Trinajstić information content (AvgIpc) is 3.17.